The lowest BCUT2D eigenvalue weighted by atomic mass is 9.80. The molecule has 11 heteroatoms. The lowest BCUT2D eigenvalue weighted by Gasteiger charge is -2.30. The number of oxazole rings is 1. The van der Waals surface area contributed by atoms with E-state index in [2.05, 4.69) is 39.5 Å². The summed E-state index contributed by atoms with van der Waals surface area (Å²) in [6.07, 6.45) is 8.49. The van der Waals surface area contributed by atoms with Crippen molar-refractivity contribution < 1.29 is 23.1 Å². The minimum Gasteiger partial charge on any atom is -0.444 e. The van der Waals surface area contributed by atoms with E-state index in [-0.39, 0.29) is 29.4 Å². The van der Waals surface area contributed by atoms with Gasteiger partial charge in [-0.3, -0.25) is 9.48 Å². The van der Waals surface area contributed by atoms with Crippen molar-refractivity contribution in [2.24, 2.45) is 11.8 Å². The van der Waals surface area contributed by atoms with E-state index >= 15 is 0 Å². The molecule has 210 valence electrons. The lowest BCUT2D eigenvalue weighted by molar-refractivity contribution is 0.102. The molecule has 0 aromatic carbocycles. The molecule has 0 bridgehead atoms. The van der Waals surface area contributed by atoms with Crippen LogP contribution < -0.4 is 10.6 Å². The summed E-state index contributed by atoms with van der Waals surface area (Å²) in [7, 11) is 0. The van der Waals surface area contributed by atoms with Crippen LogP contribution in [0.1, 0.15) is 93.9 Å². The molecule has 0 radical (unpaired) electrons. The van der Waals surface area contributed by atoms with Crippen molar-refractivity contribution in [3.8, 4) is 11.5 Å². The molecule has 0 unspecified atom stereocenters. The number of aliphatic hydroxyl groups excluding tert-OH is 1. The molecule has 9 nitrogen and oxygen atoms in total. The maximum atomic E-state index is 13.8. The summed E-state index contributed by atoms with van der Waals surface area (Å²) in [4.78, 5) is 21.5. The highest BCUT2D eigenvalue weighted by atomic mass is 19.3. The van der Waals surface area contributed by atoms with Gasteiger partial charge in [-0.05, 0) is 62.5 Å². The molecule has 0 saturated heterocycles. The van der Waals surface area contributed by atoms with Gasteiger partial charge in [0.2, 0.25) is 5.89 Å². The second-order valence-corrected chi connectivity index (χ2v) is 11.0. The summed E-state index contributed by atoms with van der Waals surface area (Å²) in [5.74, 6) is 1.34. The predicted octanol–water partition coefficient (Wildman–Crippen LogP) is 6.23. The average molecular weight is 543 g/mol. The third-order valence-corrected chi connectivity index (χ3v) is 8.08. The number of nitrogens with one attached hydrogen (secondary N) is 2. The molecule has 2 atom stereocenters. The molecule has 2 aliphatic carbocycles. The number of carbonyl (C=O) groups is 1. The number of anilines is 2. The Kier molecular flexibility index (Phi) is 8.25. The Morgan fingerprint density at radius 3 is 2.64 bits per heavy atom. The largest absolute Gasteiger partial charge is 0.444 e. The number of carbonyl (C=O) groups excluding carboxylic acids is 1. The van der Waals surface area contributed by atoms with Crippen molar-refractivity contribution in [3.63, 3.8) is 0 Å². The normalized spacial score (nSPS) is 23.8. The van der Waals surface area contributed by atoms with Crippen molar-refractivity contribution in [2.75, 3.05) is 10.6 Å². The van der Waals surface area contributed by atoms with Crippen LogP contribution in [0.4, 0.5) is 20.3 Å². The Morgan fingerprint density at radius 2 is 1.92 bits per heavy atom. The number of amides is 1. The summed E-state index contributed by atoms with van der Waals surface area (Å²) in [6, 6.07) is 3.39. The van der Waals surface area contributed by atoms with E-state index in [1.165, 1.54) is 12.5 Å². The molecule has 39 heavy (non-hydrogen) atoms. The van der Waals surface area contributed by atoms with E-state index in [0.29, 0.717) is 23.2 Å². The van der Waals surface area contributed by atoms with Gasteiger partial charge in [0.25, 0.3) is 12.3 Å². The number of alkyl halides is 2. The first kappa shape index (κ1) is 27.2. The Labute approximate surface area is 226 Å². The van der Waals surface area contributed by atoms with E-state index in [4.69, 9.17) is 4.42 Å². The maximum Gasteiger partial charge on any atom is 0.284 e. The fourth-order valence-corrected chi connectivity index (χ4v) is 5.69. The van der Waals surface area contributed by atoms with Gasteiger partial charge in [0.1, 0.15) is 12.1 Å². The van der Waals surface area contributed by atoms with Crippen molar-refractivity contribution in [3.05, 3.63) is 42.2 Å². The van der Waals surface area contributed by atoms with Gasteiger partial charge < -0.3 is 20.2 Å². The van der Waals surface area contributed by atoms with Crippen molar-refractivity contribution in [2.45, 2.75) is 89.8 Å². The molecule has 0 spiro atoms. The quantitative estimate of drug-likeness (QED) is 0.309. The SMILES string of the molecule is CC(C)[C@H]1CC[C@H](n2cc(NC(=O)c3coc(-c4ccnc(N[C@H]5CCCC[C@H]5O)c4)n3)c(C(F)F)n2)CC1. The highest BCUT2D eigenvalue weighted by Gasteiger charge is 2.28. The zero-order valence-electron chi connectivity index (χ0n) is 22.3. The van der Waals surface area contributed by atoms with Gasteiger partial charge in [-0.1, -0.05) is 26.7 Å². The Hall–Kier alpha value is -3.34. The Morgan fingerprint density at radius 1 is 1.15 bits per heavy atom. The number of rotatable bonds is 8. The van der Waals surface area contributed by atoms with Crippen LogP contribution >= 0.6 is 0 Å². The molecular weight excluding hydrogens is 506 g/mol. The van der Waals surface area contributed by atoms with Gasteiger partial charge in [-0.15, -0.1) is 0 Å². The maximum absolute atomic E-state index is 13.8. The molecule has 1 amide bonds. The molecule has 2 saturated carbocycles. The summed E-state index contributed by atoms with van der Waals surface area (Å²) < 4.78 is 34.7. The molecule has 2 fully saturated rings. The molecular formula is C28H36F2N6O3. The van der Waals surface area contributed by atoms with E-state index < -0.39 is 24.1 Å². The number of aromatic nitrogens is 4. The average Bonchev–Trinajstić information content (AvgIpc) is 3.59. The Bertz CT molecular complexity index is 1270. The zero-order chi connectivity index (χ0) is 27.5. The monoisotopic (exact) mass is 542 g/mol. The second-order valence-electron chi connectivity index (χ2n) is 11.0. The zero-order valence-corrected chi connectivity index (χ0v) is 22.3. The van der Waals surface area contributed by atoms with E-state index in [9.17, 15) is 18.7 Å². The Balaban J connectivity index is 1.27. The molecule has 2 aliphatic rings. The molecule has 3 heterocycles. The fraction of sp³-hybridized carbons (Fsp3) is 0.571. The van der Waals surface area contributed by atoms with Crippen molar-refractivity contribution in [1.82, 2.24) is 19.7 Å². The van der Waals surface area contributed by atoms with Crippen LogP contribution in [0, 0.1) is 11.8 Å². The summed E-state index contributed by atoms with van der Waals surface area (Å²) in [6.45, 7) is 4.42. The van der Waals surface area contributed by atoms with Crippen LogP contribution in [0.3, 0.4) is 0 Å². The highest BCUT2D eigenvalue weighted by molar-refractivity contribution is 6.03. The van der Waals surface area contributed by atoms with Gasteiger partial charge in [-0.25, -0.2) is 18.7 Å². The highest BCUT2D eigenvalue weighted by Crippen LogP contribution is 2.37. The van der Waals surface area contributed by atoms with Crippen LogP contribution in [-0.4, -0.2) is 42.9 Å². The second kappa shape index (κ2) is 11.8. The van der Waals surface area contributed by atoms with E-state index in [0.717, 1.165) is 51.4 Å². The van der Waals surface area contributed by atoms with Gasteiger partial charge in [0, 0.05) is 18.0 Å². The first-order valence-electron chi connectivity index (χ1n) is 13.8. The van der Waals surface area contributed by atoms with Crippen LogP contribution in [0.25, 0.3) is 11.5 Å². The molecule has 3 aromatic heterocycles. The van der Waals surface area contributed by atoms with E-state index in [1.54, 1.807) is 23.0 Å². The topological polar surface area (TPSA) is 118 Å². The molecule has 3 N–H and O–H groups in total. The van der Waals surface area contributed by atoms with Crippen molar-refractivity contribution >= 4 is 17.4 Å². The summed E-state index contributed by atoms with van der Waals surface area (Å²) in [5, 5.41) is 20.2. The van der Waals surface area contributed by atoms with Crippen LogP contribution in [0.2, 0.25) is 0 Å². The first-order valence-corrected chi connectivity index (χ1v) is 13.8. The third-order valence-electron chi connectivity index (χ3n) is 8.08. The molecule has 0 aliphatic heterocycles. The number of nitrogens with zero attached hydrogens (tertiary/aromatic N) is 4. The standard InChI is InChI=1S/C28H36F2N6O3/c1-16(2)17-7-9-19(10-8-17)36-14-21(25(35-36)26(29)30)33-27(38)22-15-39-28(34-22)18-11-12-31-24(13-18)32-20-5-3-4-6-23(20)37/h11-17,19-20,23,26,37H,3-10H2,1-2H3,(H,31,32)(H,33,38)/t17-,19-,20-,23+/m0/s1. The predicted molar refractivity (Wildman–Crippen MR) is 143 cm³/mol. The fourth-order valence-electron chi connectivity index (χ4n) is 5.69. The third kappa shape index (κ3) is 6.29. The number of aliphatic hydroxyl groups is 1. The number of hydrogen-bond acceptors (Lipinski definition) is 7. The van der Waals surface area contributed by atoms with E-state index in [1.807, 2.05) is 0 Å². The number of halogens is 2. The van der Waals surface area contributed by atoms with Crippen molar-refractivity contribution in [1.29, 1.82) is 0 Å². The molecule has 3 aromatic rings. The van der Waals surface area contributed by atoms with Gasteiger partial charge in [-0.2, -0.15) is 5.10 Å². The minimum absolute atomic E-state index is 0.0213. The van der Waals surface area contributed by atoms with Crippen LogP contribution in [-0.2, 0) is 0 Å². The van der Waals surface area contributed by atoms with Crippen LogP contribution in [0.5, 0.6) is 0 Å². The van der Waals surface area contributed by atoms with Gasteiger partial charge in [0.15, 0.2) is 11.4 Å². The number of hydrogen-bond donors (Lipinski definition) is 3. The first-order chi connectivity index (χ1) is 18.8. The van der Waals surface area contributed by atoms with Gasteiger partial charge >= 0.3 is 0 Å². The molecule has 5 rings (SSSR count). The lowest BCUT2D eigenvalue weighted by Crippen LogP contribution is -2.36. The van der Waals surface area contributed by atoms with Crippen LogP contribution in [0.15, 0.2) is 35.2 Å². The summed E-state index contributed by atoms with van der Waals surface area (Å²) >= 11 is 0. The van der Waals surface area contributed by atoms with Gasteiger partial charge in [0.05, 0.1) is 23.9 Å². The number of pyridine rings is 1. The minimum atomic E-state index is -2.83. The summed E-state index contributed by atoms with van der Waals surface area (Å²) in [5.41, 5.74) is 0.0825. The smallest absolute Gasteiger partial charge is 0.284 e.